The number of carbonyl (C=O) groups excluding carboxylic acids is 1. The van der Waals surface area contributed by atoms with Crippen molar-refractivity contribution >= 4 is 11.7 Å². The van der Waals surface area contributed by atoms with Gasteiger partial charge in [0.25, 0.3) is 0 Å². The maximum absolute atomic E-state index is 11.2. The summed E-state index contributed by atoms with van der Waals surface area (Å²) in [6.45, 7) is 3.77. The zero-order chi connectivity index (χ0) is 11.3. The minimum atomic E-state index is -0.513. The molecule has 0 saturated carbocycles. The van der Waals surface area contributed by atoms with E-state index in [2.05, 4.69) is 22.4 Å². The fraction of sp³-hybridized carbons (Fsp3) is 0.600. The van der Waals surface area contributed by atoms with Gasteiger partial charge in [-0.1, -0.05) is 13.3 Å². The first-order valence-corrected chi connectivity index (χ1v) is 5.24. The molecule has 0 aromatic carbocycles. The van der Waals surface area contributed by atoms with Gasteiger partial charge in [-0.25, -0.2) is 0 Å². The summed E-state index contributed by atoms with van der Waals surface area (Å²) in [5.74, 6) is 0.326. The summed E-state index contributed by atoms with van der Waals surface area (Å²) >= 11 is 0. The predicted molar refractivity (Wildman–Crippen MR) is 59.5 cm³/mol. The van der Waals surface area contributed by atoms with Gasteiger partial charge in [0, 0.05) is 11.8 Å². The maximum Gasteiger partial charge on any atom is 0.242 e. The van der Waals surface area contributed by atoms with E-state index in [0.717, 1.165) is 25.0 Å². The first kappa shape index (κ1) is 11.7. The number of nitrogens with one attached hydrogen (secondary N) is 2. The van der Waals surface area contributed by atoms with Gasteiger partial charge < -0.3 is 11.1 Å². The van der Waals surface area contributed by atoms with Crippen LogP contribution in [0.5, 0.6) is 0 Å². The molecule has 0 fully saturated rings. The number of rotatable bonds is 5. The highest BCUT2D eigenvalue weighted by molar-refractivity contribution is 5.93. The van der Waals surface area contributed by atoms with Crippen LogP contribution in [-0.2, 0) is 11.2 Å². The molecule has 1 aromatic rings. The van der Waals surface area contributed by atoms with Crippen LogP contribution in [0.1, 0.15) is 32.4 Å². The van der Waals surface area contributed by atoms with Gasteiger partial charge in [0.15, 0.2) is 5.82 Å². The summed E-state index contributed by atoms with van der Waals surface area (Å²) in [4.78, 5) is 11.2. The Morgan fingerprint density at radius 1 is 1.73 bits per heavy atom. The number of aryl methyl sites for hydroxylation is 1. The number of aromatic nitrogens is 2. The molecule has 15 heavy (non-hydrogen) atoms. The Hall–Kier alpha value is -1.36. The Bertz CT molecular complexity index is 319. The number of hydrogen-bond donors (Lipinski definition) is 3. The smallest absolute Gasteiger partial charge is 0.242 e. The number of anilines is 1. The first-order chi connectivity index (χ1) is 7.13. The fourth-order valence-corrected chi connectivity index (χ4v) is 1.16. The van der Waals surface area contributed by atoms with Crippen molar-refractivity contribution in [2.24, 2.45) is 5.73 Å². The Morgan fingerprint density at radius 2 is 2.47 bits per heavy atom. The topological polar surface area (TPSA) is 83.8 Å². The lowest BCUT2D eigenvalue weighted by atomic mass is 10.2. The van der Waals surface area contributed by atoms with Crippen molar-refractivity contribution in [2.45, 2.75) is 39.2 Å². The molecule has 0 radical (unpaired) electrons. The summed E-state index contributed by atoms with van der Waals surface area (Å²) in [5, 5.41) is 9.49. The summed E-state index contributed by atoms with van der Waals surface area (Å²) < 4.78 is 0. The second-order valence-electron chi connectivity index (χ2n) is 3.66. The number of nitrogens with two attached hydrogens (primary N) is 1. The van der Waals surface area contributed by atoms with Crippen LogP contribution in [0.4, 0.5) is 5.82 Å². The van der Waals surface area contributed by atoms with Gasteiger partial charge >= 0.3 is 0 Å². The van der Waals surface area contributed by atoms with Crippen LogP contribution in [-0.4, -0.2) is 22.1 Å². The zero-order valence-corrected chi connectivity index (χ0v) is 9.21. The van der Waals surface area contributed by atoms with Gasteiger partial charge in [0.1, 0.15) is 0 Å². The zero-order valence-electron chi connectivity index (χ0n) is 9.21. The molecule has 1 unspecified atom stereocenters. The highest BCUT2D eigenvalue weighted by Gasteiger charge is 2.09. The van der Waals surface area contributed by atoms with E-state index in [1.165, 1.54) is 0 Å². The monoisotopic (exact) mass is 210 g/mol. The molecule has 1 amide bonds. The van der Waals surface area contributed by atoms with Crippen molar-refractivity contribution in [3.63, 3.8) is 0 Å². The molecule has 1 heterocycles. The Kier molecular flexibility index (Phi) is 4.30. The van der Waals surface area contributed by atoms with Gasteiger partial charge in [-0.2, -0.15) is 5.10 Å². The predicted octanol–water partition coefficient (Wildman–Crippen LogP) is 1.04. The number of nitrogens with zero attached hydrogens (tertiary/aromatic N) is 1. The number of carbonyl (C=O) groups is 1. The van der Waals surface area contributed by atoms with Crippen LogP contribution in [0, 0.1) is 0 Å². The summed E-state index contributed by atoms with van der Waals surface area (Å²) in [5.41, 5.74) is 6.46. The number of amides is 1. The van der Waals surface area contributed by atoms with Gasteiger partial charge in [-0.05, 0) is 19.8 Å². The number of H-pyrrole nitrogens is 1. The Labute approximate surface area is 89.4 Å². The van der Waals surface area contributed by atoms with Crippen molar-refractivity contribution in [3.05, 3.63) is 11.8 Å². The average Bonchev–Trinajstić information content (AvgIpc) is 2.62. The molecule has 0 saturated heterocycles. The molecule has 1 aromatic heterocycles. The highest BCUT2D eigenvalue weighted by Crippen LogP contribution is 2.08. The molecule has 5 heteroatoms. The molecule has 1 rings (SSSR count). The molecule has 84 valence electrons. The Morgan fingerprint density at radius 3 is 3.07 bits per heavy atom. The quantitative estimate of drug-likeness (QED) is 0.679. The standard InChI is InChI=1S/C10H18N4O/c1-3-4-5-8-6-9(14-13-8)12-10(15)7(2)11/h6-7H,3-5,11H2,1-2H3,(H2,12,13,14,15). The van der Waals surface area contributed by atoms with Gasteiger partial charge in [-0.15, -0.1) is 0 Å². The molecule has 0 aliphatic rings. The molecule has 4 N–H and O–H groups in total. The fourth-order valence-electron chi connectivity index (χ4n) is 1.16. The molecule has 0 bridgehead atoms. The number of aromatic amines is 1. The molecule has 0 aliphatic carbocycles. The minimum Gasteiger partial charge on any atom is -0.320 e. The van der Waals surface area contributed by atoms with E-state index in [-0.39, 0.29) is 5.91 Å². The molecule has 5 nitrogen and oxygen atoms in total. The molecular formula is C10H18N4O. The van der Waals surface area contributed by atoms with E-state index in [4.69, 9.17) is 5.73 Å². The number of hydrogen-bond acceptors (Lipinski definition) is 3. The van der Waals surface area contributed by atoms with Crippen molar-refractivity contribution in [3.8, 4) is 0 Å². The molecule has 0 aliphatic heterocycles. The van der Waals surface area contributed by atoms with Crippen LogP contribution in [0.25, 0.3) is 0 Å². The Balaban J connectivity index is 2.49. The minimum absolute atomic E-state index is 0.219. The van der Waals surface area contributed by atoms with E-state index in [1.54, 1.807) is 6.92 Å². The maximum atomic E-state index is 11.2. The van der Waals surface area contributed by atoms with Crippen LogP contribution in [0.15, 0.2) is 6.07 Å². The van der Waals surface area contributed by atoms with Crippen LogP contribution < -0.4 is 11.1 Å². The second kappa shape index (κ2) is 5.50. The van der Waals surface area contributed by atoms with Crippen LogP contribution >= 0.6 is 0 Å². The lowest BCUT2D eigenvalue weighted by Crippen LogP contribution is -2.32. The lowest BCUT2D eigenvalue weighted by molar-refractivity contribution is -0.117. The van der Waals surface area contributed by atoms with E-state index >= 15 is 0 Å². The highest BCUT2D eigenvalue weighted by atomic mass is 16.2. The van der Waals surface area contributed by atoms with Crippen molar-refractivity contribution in [1.29, 1.82) is 0 Å². The summed E-state index contributed by atoms with van der Waals surface area (Å²) in [6.07, 6.45) is 3.21. The van der Waals surface area contributed by atoms with Crippen LogP contribution in [0.3, 0.4) is 0 Å². The average molecular weight is 210 g/mol. The normalized spacial score (nSPS) is 12.5. The summed E-state index contributed by atoms with van der Waals surface area (Å²) in [6, 6.07) is 1.33. The third-order valence-corrected chi connectivity index (χ3v) is 2.10. The van der Waals surface area contributed by atoms with Gasteiger partial charge in [-0.3, -0.25) is 9.89 Å². The van der Waals surface area contributed by atoms with Crippen molar-refractivity contribution in [1.82, 2.24) is 10.2 Å². The van der Waals surface area contributed by atoms with Gasteiger partial charge in [0.05, 0.1) is 6.04 Å². The number of unbranched alkanes of at least 4 members (excludes halogenated alkanes) is 1. The van der Waals surface area contributed by atoms with E-state index in [1.807, 2.05) is 6.07 Å². The van der Waals surface area contributed by atoms with Crippen molar-refractivity contribution in [2.75, 3.05) is 5.32 Å². The third-order valence-electron chi connectivity index (χ3n) is 2.10. The molecule has 0 spiro atoms. The van der Waals surface area contributed by atoms with Crippen LogP contribution in [0.2, 0.25) is 0 Å². The first-order valence-electron chi connectivity index (χ1n) is 5.24. The van der Waals surface area contributed by atoms with E-state index < -0.39 is 6.04 Å². The van der Waals surface area contributed by atoms with E-state index in [9.17, 15) is 4.79 Å². The summed E-state index contributed by atoms with van der Waals surface area (Å²) in [7, 11) is 0. The molecule has 1 atom stereocenters. The third kappa shape index (κ3) is 3.71. The van der Waals surface area contributed by atoms with Crippen molar-refractivity contribution < 1.29 is 4.79 Å². The van der Waals surface area contributed by atoms with Gasteiger partial charge in [0.2, 0.25) is 5.91 Å². The SMILES string of the molecule is CCCCc1cc(NC(=O)C(C)N)n[nH]1. The largest absolute Gasteiger partial charge is 0.320 e. The molecular weight excluding hydrogens is 192 g/mol. The van der Waals surface area contributed by atoms with E-state index in [0.29, 0.717) is 5.82 Å². The lowest BCUT2D eigenvalue weighted by Gasteiger charge is -2.03. The second-order valence-corrected chi connectivity index (χ2v) is 3.66.